The molecule has 0 amide bonds. The van der Waals surface area contributed by atoms with Crippen molar-refractivity contribution in [2.45, 2.75) is 13.8 Å². The van der Waals surface area contributed by atoms with Crippen LogP contribution in [-0.2, 0) is 0 Å². The van der Waals surface area contributed by atoms with E-state index in [4.69, 9.17) is 5.73 Å². The third-order valence-electron chi connectivity index (χ3n) is 1.88. The van der Waals surface area contributed by atoms with Gasteiger partial charge in [-0.1, -0.05) is 0 Å². The van der Waals surface area contributed by atoms with E-state index in [1.165, 1.54) is 17.9 Å². The van der Waals surface area contributed by atoms with Gasteiger partial charge < -0.3 is 5.73 Å². The van der Waals surface area contributed by atoms with Gasteiger partial charge in [0.25, 0.3) is 0 Å². The summed E-state index contributed by atoms with van der Waals surface area (Å²) in [6, 6.07) is 0. The van der Waals surface area contributed by atoms with Crippen LogP contribution in [0.15, 0.2) is 6.33 Å². The fourth-order valence-corrected chi connectivity index (χ4v) is 1.64. The molecular formula is C7H9N5S. The molecule has 2 rings (SSSR count). The topological polar surface area (TPSA) is 69.6 Å². The number of aryl methyl sites for hydroxylation is 1. The highest BCUT2D eigenvalue weighted by Crippen LogP contribution is 2.19. The monoisotopic (exact) mass is 195 g/mol. The second kappa shape index (κ2) is 2.81. The highest BCUT2D eigenvalue weighted by molar-refractivity contribution is 7.07. The van der Waals surface area contributed by atoms with Gasteiger partial charge in [-0.15, -0.1) is 0 Å². The molecule has 5 nitrogen and oxygen atoms in total. The summed E-state index contributed by atoms with van der Waals surface area (Å²) in [5.41, 5.74) is 8.24. The van der Waals surface area contributed by atoms with E-state index >= 15 is 0 Å². The lowest BCUT2D eigenvalue weighted by molar-refractivity contribution is 0.825. The van der Waals surface area contributed by atoms with Gasteiger partial charge in [-0.2, -0.15) is 9.47 Å². The van der Waals surface area contributed by atoms with Crippen molar-refractivity contribution in [3.63, 3.8) is 0 Å². The van der Waals surface area contributed by atoms with Crippen LogP contribution >= 0.6 is 11.5 Å². The first-order chi connectivity index (χ1) is 6.20. The minimum absolute atomic E-state index is 0.718. The molecule has 0 aromatic carbocycles. The summed E-state index contributed by atoms with van der Waals surface area (Å²) in [4.78, 5) is 4.05. The smallest absolute Gasteiger partial charge is 0.230 e. The minimum atomic E-state index is 0.718. The molecule has 2 aromatic heterocycles. The summed E-state index contributed by atoms with van der Waals surface area (Å²) >= 11 is 1.30. The Balaban J connectivity index is 2.59. The molecule has 68 valence electrons. The van der Waals surface area contributed by atoms with E-state index in [1.54, 1.807) is 4.68 Å². The number of nitrogens with zero attached hydrogens (tertiary/aromatic N) is 4. The van der Waals surface area contributed by atoms with E-state index < -0.39 is 0 Å². The highest BCUT2D eigenvalue weighted by Gasteiger charge is 2.11. The van der Waals surface area contributed by atoms with Gasteiger partial charge in [-0.3, -0.25) is 0 Å². The standard InChI is InChI=1S/C7H9N5S/c1-4-6(8)5(2)12(11-4)7-9-3-10-13-7/h3H,8H2,1-2H3. The van der Waals surface area contributed by atoms with Gasteiger partial charge in [-0.25, -0.2) is 9.67 Å². The Kier molecular flexibility index (Phi) is 1.77. The second-order valence-corrected chi connectivity index (χ2v) is 3.48. The number of aromatic nitrogens is 4. The van der Waals surface area contributed by atoms with Crippen LogP contribution in [0.1, 0.15) is 11.4 Å². The summed E-state index contributed by atoms with van der Waals surface area (Å²) in [6.45, 7) is 3.79. The van der Waals surface area contributed by atoms with E-state index in [9.17, 15) is 0 Å². The van der Waals surface area contributed by atoms with Crippen molar-refractivity contribution in [1.82, 2.24) is 19.1 Å². The molecule has 0 fully saturated rings. The van der Waals surface area contributed by atoms with Gasteiger partial charge >= 0.3 is 0 Å². The third-order valence-corrected chi connectivity index (χ3v) is 2.52. The summed E-state index contributed by atoms with van der Waals surface area (Å²) in [7, 11) is 0. The van der Waals surface area contributed by atoms with Crippen LogP contribution in [0.2, 0.25) is 0 Å². The van der Waals surface area contributed by atoms with Crippen molar-refractivity contribution < 1.29 is 0 Å². The van der Waals surface area contributed by atoms with Gasteiger partial charge in [0.05, 0.1) is 17.1 Å². The molecule has 0 radical (unpaired) electrons. The first-order valence-corrected chi connectivity index (χ1v) is 4.56. The maximum atomic E-state index is 5.78. The third kappa shape index (κ3) is 1.19. The average molecular weight is 195 g/mol. The van der Waals surface area contributed by atoms with Crippen LogP contribution in [0.5, 0.6) is 0 Å². The molecule has 0 aliphatic carbocycles. The fraction of sp³-hybridized carbons (Fsp3) is 0.286. The van der Waals surface area contributed by atoms with Gasteiger partial charge in [0.2, 0.25) is 5.13 Å². The SMILES string of the molecule is Cc1nn(-c2ncns2)c(C)c1N. The number of hydrogen-bond donors (Lipinski definition) is 1. The lowest BCUT2D eigenvalue weighted by Gasteiger charge is -1.96. The van der Waals surface area contributed by atoms with Crippen LogP contribution < -0.4 is 5.73 Å². The zero-order valence-electron chi connectivity index (χ0n) is 7.35. The first-order valence-electron chi connectivity index (χ1n) is 3.79. The Hall–Kier alpha value is -1.43. The number of rotatable bonds is 1. The summed E-state index contributed by atoms with van der Waals surface area (Å²) in [6.07, 6.45) is 1.51. The van der Waals surface area contributed by atoms with Crippen LogP contribution in [0.4, 0.5) is 5.69 Å². The molecule has 2 aromatic rings. The quantitative estimate of drug-likeness (QED) is 0.734. The normalized spacial score (nSPS) is 10.6. The Morgan fingerprint density at radius 1 is 1.46 bits per heavy atom. The van der Waals surface area contributed by atoms with Gasteiger partial charge in [0.1, 0.15) is 6.33 Å². The van der Waals surface area contributed by atoms with E-state index in [2.05, 4.69) is 14.5 Å². The summed E-state index contributed by atoms with van der Waals surface area (Å²) in [5.74, 6) is 0. The molecule has 0 bridgehead atoms. The van der Waals surface area contributed by atoms with Crippen molar-refractivity contribution in [1.29, 1.82) is 0 Å². The largest absolute Gasteiger partial charge is 0.396 e. The lowest BCUT2D eigenvalue weighted by atomic mass is 10.3. The molecule has 0 aliphatic heterocycles. The van der Waals surface area contributed by atoms with Crippen LogP contribution in [0.25, 0.3) is 5.13 Å². The maximum absolute atomic E-state index is 5.78. The highest BCUT2D eigenvalue weighted by atomic mass is 32.1. The Labute approximate surface area is 79.4 Å². The molecule has 2 heterocycles. The maximum Gasteiger partial charge on any atom is 0.230 e. The van der Waals surface area contributed by atoms with E-state index in [0.29, 0.717) is 0 Å². The van der Waals surface area contributed by atoms with Crippen LogP contribution in [0.3, 0.4) is 0 Å². The van der Waals surface area contributed by atoms with Gasteiger partial charge in [0.15, 0.2) is 0 Å². The van der Waals surface area contributed by atoms with Crippen LogP contribution in [-0.4, -0.2) is 19.1 Å². The summed E-state index contributed by atoms with van der Waals surface area (Å²) < 4.78 is 5.62. The van der Waals surface area contributed by atoms with Crippen molar-refractivity contribution in [3.8, 4) is 5.13 Å². The number of hydrogen-bond acceptors (Lipinski definition) is 5. The molecule has 13 heavy (non-hydrogen) atoms. The average Bonchev–Trinajstić information content (AvgIpc) is 2.70. The fourth-order valence-electron chi connectivity index (χ4n) is 1.10. The van der Waals surface area contributed by atoms with Crippen molar-refractivity contribution in [2.24, 2.45) is 0 Å². The number of anilines is 1. The lowest BCUT2D eigenvalue weighted by Crippen LogP contribution is -1.98. The molecule has 2 N–H and O–H groups in total. The van der Waals surface area contributed by atoms with Crippen molar-refractivity contribution in [2.75, 3.05) is 5.73 Å². The van der Waals surface area contributed by atoms with Gasteiger partial charge in [0, 0.05) is 11.5 Å². The van der Waals surface area contributed by atoms with E-state index in [-0.39, 0.29) is 0 Å². The summed E-state index contributed by atoms with van der Waals surface area (Å²) in [5, 5.41) is 5.00. The van der Waals surface area contributed by atoms with Crippen molar-refractivity contribution >= 4 is 17.2 Å². The van der Waals surface area contributed by atoms with Crippen molar-refractivity contribution in [3.05, 3.63) is 17.7 Å². The van der Waals surface area contributed by atoms with E-state index in [1.807, 2.05) is 13.8 Å². The first kappa shape index (κ1) is 8.18. The number of nitrogens with two attached hydrogens (primary N) is 1. The Bertz CT molecular complexity index is 416. The molecular weight excluding hydrogens is 186 g/mol. The van der Waals surface area contributed by atoms with Crippen LogP contribution in [0, 0.1) is 13.8 Å². The molecule has 0 saturated heterocycles. The molecule has 6 heteroatoms. The Morgan fingerprint density at radius 3 is 2.69 bits per heavy atom. The minimum Gasteiger partial charge on any atom is -0.396 e. The van der Waals surface area contributed by atoms with Gasteiger partial charge in [-0.05, 0) is 13.8 Å². The molecule has 0 spiro atoms. The zero-order valence-corrected chi connectivity index (χ0v) is 8.17. The zero-order chi connectivity index (χ0) is 9.42. The predicted molar refractivity (Wildman–Crippen MR) is 50.9 cm³/mol. The molecule has 0 saturated carbocycles. The molecule has 0 aliphatic rings. The van der Waals surface area contributed by atoms with E-state index in [0.717, 1.165) is 22.2 Å². The Morgan fingerprint density at radius 2 is 2.23 bits per heavy atom. The molecule has 0 atom stereocenters. The predicted octanol–water partition coefficient (Wildman–Crippen LogP) is 0.923. The number of nitrogen functional groups attached to an aromatic ring is 1. The second-order valence-electron chi connectivity index (χ2n) is 2.72. The molecule has 0 unspecified atom stereocenters.